The van der Waals surface area contributed by atoms with Crippen molar-refractivity contribution in [3.05, 3.63) is 39.6 Å². The third-order valence-electron chi connectivity index (χ3n) is 5.53. The van der Waals surface area contributed by atoms with Gasteiger partial charge in [0.25, 0.3) is 0 Å². The van der Waals surface area contributed by atoms with E-state index in [-0.39, 0.29) is 0 Å². The van der Waals surface area contributed by atoms with Crippen molar-refractivity contribution in [3.63, 3.8) is 0 Å². The highest BCUT2D eigenvalue weighted by molar-refractivity contribution is 7.16. The van der Waals surface area contributed by atoms with Crippen molar-refractivity contribution in [2.24, 2.45) is 0 Å². The maximum absolute atomic E-state index is 5.35. The van der Waals surface area contributed by atoms with Crippen molar-refractivity contribution in [1.82, 2.24) is 19.8 Å². The number of aromatic nitrogens is 2. The number of aryl methyl sites for hydroxylation is 1. The fraction of sp³-hybridized carbons (Fsp3) is 0.524. The predicted octanol–water partition coefficient (Wildman–Crippen LogP) is 1.46. The number of nitrogens with zero attached hydrogens (tertiary/aromatic N) is 4. The monoisotopic (exact) mass is 399 g/mol. The second-order valence-electron chi connectivity index (χ2n) is 7.48. The molecule has 0 saturated carbocycles. The molecule has 1 atom stereocenters. The number of likely N-dealkylation sites (N-methyl/N-ethyl adjacent to an activating group) is 1. The highest BCUT2D eigenvalue weighted by Crippen LogP contribution is 2.33. The summed E-state index contributed by atoms with van der Waals surface area (Å²) in [5.74, 6) is 0. The van der Waals surface area contributed by atoms with Crippen LogP contribution in [0.3, 0.4) is 0 Å². The number of rotatable bonds is 6. The summed E-state index contributed by atoms with van der Waals surface area (Å²) < 4.78 is 5.35. The molecule has 1 N–H and O–H groups in total. The van der Waals surface area contributed by atoms with Gasteiger partial charge in [-0.2, -0.15) is 0 Å². The van der Waals surface area contributed by atoms with Crippen molar-refractivity contribution < 1.29 is 4.74 Å². The summed E-state index contributed by atoms with van der Waals surface area (Å²) in [6, 6.07) is 4.58. The molecule has 2 aliphatic heterocycles. The summed E-state index contributed by atoms with van der Waals surface area (Å²) in [4.78, 5) is 14.7. The first-order valence-corrected chi connectivity index (χ1v) is 10.9. The first-order valence-electron chi connectivity index (χ1n) is 10.1. The summed E-state index contributed by atoms with van der Waals surface area (Å²) in [5.41, 5.74) is 2.22. The molecule has 1 unspecified atom stereocenters. The van der Waals surface area contributed by atoms with Crippen LogP contribution in [-0.2, 0) is 11.2 Å². The van der Waals surface area contributed by atoms with Crippen LogP contribution in [0, 0.1) is 0 Å². The van der Waals surface area contributed by atoms with Gasteiger partial charge in [0.05, 0.1) is 16.1 Å². The van der Waals surface area contributed by atoms with Gasteiger partial charge in [-0.1, -0.05) is 6.92 Å². The van der Waals surface area contributed by atoms with Crippen LogP contribution in [0.1, 0.15) is 30.5 Å². The lowest BCUT2D eigenvalue weighted by atomic mass is 10.1. The molecule has 2 aliphatic rings. The van der Waals surface area contributed by atoms with E-state index in [1.807, 2.05) is 12.3 Å². The molecule has 2 aromatic rings. The lowest BCUT2D eigenvalue weighted by molar-refractivity contribution is 0.0959. The van der Waals surface area contributed by atoms with E-state index in [0.717, 1.165) is 66.8 Å². The minimum Gasteiger partial charge on any atom is -0.385 e. The van der Waals surface area contributed by atoms with Gasteiger partial charge < -0.3 is 15.0 Å². The SMILES string of the molecule is CCCc1nc2c(s1)NC=c1cccnc1=C2N1CCN(C)C(CCOC)C1. The maximum atomic E-state index is 5.35. The van der Waals surface area contributed by atoms with Crippen molar-refractivity contribution in [1.29, 1.82) is 0 Å². The average Bonchev–Trinajstić information content (AvgIpc) is 3.03. The zero-order chi connectivity index (χ0) is 19.5. The third-order valence-corrected chi connectivity index (χ3v) is 6.58. The third kappa shape index (κ3) is 3.79. The fourth-order valence-corrected chi connectivity index (χ4v) is 4.98. The van der Waals surface area contributed by atoms with Gasteiger partial charge in [0.1, 0.15) is 10.7 Å². The van der Waals surface area contributed by atoms with Gasteiger partial charge in [-0.15, -0.1) is 11.3 Å². The van der Waals surface area contributed by atoms with E-state index in [1.165, 1.54) is 10.7 Å². The number of pyridine rings is 1. The second-order valence-corrected chi connectivity index (χ2v) is 8.56. The highest BCUT2D eigenvalue weighted by atomic mass is 32.1. The summed E-state index contributed by atoms with van der Waals surface area (Å²) in [6.07, 6.45) is 7.10. The lowest BCUT2D eigenvalue weighted by Crippen LogP contribution is -2.52. The molecule has 7 heteroatoms. The molecule has 0 amide bonds. The molecule has 6 nitrogen and oxygen atoms in total. The van der Waals surface area contributed by atoms with Gasteiger partial charge in [0.15, 0.2) is 0 Å². The molecule has 0 bridgehead atoms. The molecule has 0 spiro atoms. The van der Waals surface area contributed by atoms with E-state index in [4.69, 9.17) is 14.7 Å². The summed E-state index contributed by atoms with van der Waals surface area (Å²) >= 11 is 1.77. The molecular formula is C21H29N5OS. The van der Waals surface area contributed by atoms with Gasteiger partial charge in [-0.25, -0.2) is 4.98 Å². The molecular weight excluding hydrogens is 370 g/mol. The van der Waals surface area contributed by atoms with E-state index in [2.05, 4.69) is 41.4 Å². The fourth-order valence-electron chi connectivity index (χ4n) is 3.95. The van der Waals surface area contributed by atoms with Crippen molar-refractivity contribution >= 4 is 28.2 Å². The Kier molecular flexibility index (Phi) is 5.94. The van der Waals surface area contributed by atoms with Crippen LogP contribution in [0.5, 0.6) is 0 Å². The average molecular weight is 400 g/mol. The minimum absolute atomic E-state index is 0.464. The van der Waals surface area contributed by atoms with Gasteiger partial charge in [-0.3, -0.25) is 9.88 Å². The van der Waals surface area contributed by atoms with E-state index in [1.54, 1.807) is 18.4 Å². The van der Waals surface area contributed by atoms with Crippen molar-refractivity contribution in [3.8, 4) is 0 Å². The molecule has 1 fully saturated rings. The van der Waals surface area contributed by atoms with E-state index in [9.17, 15) is 0 Å². The summed E-state index contributed by atoms with van der Waals surface area (Å²) in [7, 11) is 3.99. The Bertz CT molecular complexity index is 941. The quantitative estimate of drug-likeness (QED) is 0.794. The Hall–Kier alpha value is -1.96. The van der Waals surface area contributed by atoms with Crippen LogP contribution >= 0.6 is 11.3 Å². The number of methoxy groups -OCH3 is 1. The highest BCUT2D eigenvalue weighted by Gasteiger charge is 2.29. The first kappa shape index (κ1) is 19.4. The number of fused-ring (bicyclic) bond motifs is 2. The summed E-state index contributed by atoms with van der Waals surface area (Å²) in [5, 5.41) is 7.96. The van der Waals surface area contributed by atoms with E-state index in [0.29, 0.717) is 6.04 Å². The van der Waals surface area contributed by atoms with Crippen LogP contribution in [0.25, 0.3) is 11.9 Å². The number of ether oxygens (including phenoxy) is 1. The van der Waals surface area contributed by atoms with Crippen molar-refractivity contribution in [2.75, 3.05) is 45.7 Å². The maximum Gasteiger partial charge on any atom is 0.124 e. The smallest absolute Gasteiger partial charge is 0.124 e. The minimum atomic E-state index is 0.464. The normalized spacial score (nSPS) is 19.5. The molecule has 4 heterocycles. The van der Waals surface area contributed by atoms with Crippen LogP contribution < -0.4 is 15.9 Å². The zero-order valence-corrected chi connectivity index (χ0v) is 17.8. The van der Waals surface area contributed by atoms with Crippen LogP contribution in [0.15, 0.2) is 18.3 Å². The Morgan fingerprint density at radius 1 is 1.36 bits per heavy atom. The summed E-state index contributed by atoms with van der Waals surface area (Å²) in [6.45, 7) is 5.95. The second kappa shape index (κ2) is 8.59. The first-order chi connectivity index (χ1) is 13.7. The standard InChI is InChI=1S/C21H29N5OS/c1-4-6-17-24-19-20(26-11-10-25(2)16(14-26)8-12-27-3)18-15(7-5-9-22-18)13-23-21(19)28-17/h5,7,9,13,16,23H,4,6,8,10-12,14H2,1-3H3. The Balaban J connectivity index is 1.79. The predicted molar refractivity (Wildman–Crippen MR) is 115 cm³/mol. The lowest BCUT2D eigenvalue weighted by Gasteiger charge is -2.41. The van der Waals surface area contributed by atoms with Gasteiger partial charge in [0, 0.05) is 57.0 Å². The largest absolute Gasteiger partial charge is 0.385 e. The number of hydrogen-bond acceptors (Lipinski definition) is 7. The molecule has 4 rings (SSSR count). The van der Waals surface area contributed by atoms with E-state index < -0.39 is 0 Å². The van der Waals surface area contributed by atoms with Crippen LogP contribution in [0.2, 0.25) is 0 Å². The Morgan fingerprint density at radius 3 is 3.07 bits per heavy atom. The van der Waals surface area contributed by atoms with Gasteiger partial charge in [-0.05, 0) is 38.4 Å². The van der Waals surface area contributed by atoms with Gasteiger partial charge >= 0.3 is 0 Å². The molecule has 28 heavy (non-hydrogen) atoms. The number of thiazole rings is 1. The molecule has 150 valence electrons. The number of nitrogens with one attached hydrogen (secondary N) is 1. The molecule has 0 radical (unpaired) electrons. The van der Waals surface area contributed by atoms with Crippen LogP contribution in [-0.4, -0.2) is 66.2 Å². The molecule has 0 aliphatic carbocycles. The molecule has 2 aromatic heterocycles. The van der Waals surface area contributed by atoms with Crippen LogP contribution in [0.4, 0.5) is 5.00 Å². The Morgan fingerprint density at radius 2 is 2.25 bits per heavy atom. The molecule has 0 aromatic carbocycles. The topological polar surface area (TPSA) is 53.5 Å². The number of anilines is 1. The molecule has 1 saturated heterocycles. The number of hydrogen-bond donors (Lipinski definition) is 1. The number of piperazine rings is 1. The van der Waals surface area contributed by atoms with Gasteiger partial charge in [0.2, 0.25) is 0 Å². The zero-order valence-electron chi connectivity index (χ0n) is 16.9. The van der Waals surface area contributed by atoms with E-state index >= 15 is 0 Å². The Labute approximate surface area is 170 Å². The van der Waals surface area contributed by atoms with Crippen molar-refractivity contribution in [2.45, 2.75) is 32.2 Å².